The first-order valence-corrected chi connectivity index (χ1v) is 7.75. The monoisotopic (exact) mass is 324 g/mol. The zero-order valence-corrected chi connectivity index (χ0v) is 13.2. The number of amides is 1. The van der Waals surface area contributed by atoms with E-state index in [4.69, 9.17) is 9.15 Å². The van der Waals surface area contributed by atoms with Crippen molar-refractivity contribution in [2.45, 2.75) is 13.0 Å². The van der Waals surface area contributed by atoms with Crippen molar-refractivity contribution in [1.29, 1.82) is 0 Å². The van der Waals surface area contributed by atoms with E-state index in [9.17, 15) is 4.79 Å². The minimum atomic E-state index is -0.383. The molecule has 3 heterocycles. The normalized spacial score (nSPS) is 18.0. The van der Waals surface area contributed by atoms with E-state index in [1.165, 1.54) is 0 Å². The Balaban J connectivity index is 1.73. The van der Waals surface area contributed by atoms with Crippen molar-refractivity contribution in [2.75, 3.05) is 19.8 Å². The van der Waals surface area contributed by atoms with Crippen molar-refractivity contribution in [2.24, 2.45) is 0 Å². The van der Waals surface area contributed by atoms with Gasteiger partial charge in [0.15, 0.2) is 0 Å². The van der Waals surface area contributed by atoms with Gasteiger partial charge in [0.25, 0.3) is 5.91 Å². The average Bonchev–Trinajstić information content (AvgIpc) is 3.07. The quantitative estimate of drug-likeness (QED) is 0.718. The molecular weight excluding hydrogens is 308 g/mol. The molecule has 0 bridgehead atoms. The minimum Gasteiger partial charge on any atom is -0.423 e. The van der Waals surface area contributed by atoms with Gasteiger partial charge in [-0.1, -0.05) is 24.3 Å². The molecule has 0 aliphatic carbocycles. The molecule has 7 nitrogen and oxygen atoms in total. The molecule has 0 N–H and O–H groups in total. The Hall–Kier alpha value is -2.80. The van der Waals surface area contributed by atoms with E-state index in [1.54, 1.807) is 24.2 Å². The number of nitrogens with zero attached hydrogens (tertiary/aromatic N) is 4. The molecular formula is C17H16N4O3. The van der Waals surface area contributed by atoms with Gasteiger partial charge in [-0.2, -0.15) is 0 Å². The van der Waals surface area contributed by atoms with E-state index in [-0.39, 0.29) is 11.9 Å². The molecule has 24 heavy (non-hydrogen) atoms. The summed E-state index contributed by atoms with van der Waals surface area (Å²) in [5.74, 6) is 0.756. The molecule has 1 aliphatic heterocycles. The fourth-order valence-electron chi connectivity index (χ4n) is 2.94. The van der Waals surface area contributed by atoms with Crippen molar-refractivity contribution in [3.8, 4) is 0 Å². The molecule has 2 aromatic heterocycles. The van der Waals surface area contributed by atoms with Crippen molar-refractivity contribution in [3.05, 3.63) is 54.0 Å². The van der Waals surface area contributed by atoms with E-state index >= 15 is 0 Å². The van der Waals surface area contributed by atoms with Gasteiger partial charge in [0.05, 0.1) is 18.8 Å². The highest BCUT2D eigenvalue weighted by atomic mass is 16.5. The van der Waals surface area contributed by atoms with E-state index in [2.05, 4.69) is 15.2 Å². The van der Waals surface area contributed by atoms with Gasteiger partial charge in [-0.15, -0.1) is 10.2 Å². The van der Waals surface area contributed by atoms with Crippen LogP contribution in [0.5, 0.6) is 0 Å². The lowest BCUT2D eigenvalue weighted by molar-refractivity contribution is -0.0105. The van der Waals surface area contributed by atoms with Gasteiger partial charge in [0, 0.05) is 31.2 Å². The molecule has 1 aliphatic rings. The van der Waals surface area contributed by atoms with Gasteiger partial charge in [0.2, 0.25) is 11.8 Å². The van der Waals surface area contributed by atoms with Crippen LogP contribution in [-0.2, 0) is 4.74 Å². The highest BCUT2D eigenvalue weighted by Crippen LogP contribution is 2.27. The molecule has 1 amide bonds. The Labute approximate surface area is 138 Å². The van der Waals surface area contributed by atoms with Crippen molar-refractivity contribution >= 4 is 16.7 Å². The molecule has 1 atom stereocenters. The number of hydrogen-bond donors (Lipinski definition) is 0. The third-order valence-corrected chi connectivity index (χ3v) is 4.11. The SMILES string of the molecule is Cc1nnc(C2COCCN2C(=O)c2cncc3ccccc23)o1. The summed E-state index contributed by atoms with van der Waals surface area (Å²) >= 11 is 0. The number of rotatable bonds is 2. The molecule has 0 radical (unpaired) electrons. The van der Waals surface area contributed by atoms with Crippen LogP contribution in [-0.4, -0.2) is 45.7 Å². The summed E-state index contributed by atoms with van der Waals surface area (Å²) in [5, 5.41) is 9.72. The van der Waals surface area contributed by atoms with Crippen LogP contribution in [0.4, 0.5) is 0 Å². The summed E-state index contributed by atoms with van der Waals surface area (Å²) < 4.78 is 11.0. The summed E-state index contributed by atoms with van der Waals surface area (Å²) in [7, 11) is 0. The maximum Gasteiger partial charge on any atom is 0.256 e. The molecule has 3 aromatic rings. The van der Waals surface area contributed by atoms with Crippen LogP contribution in [0.3, 0.4) is 0 Å². The highest BCUT2D eigenvalue weighted by molar-refractivity contribution is 6.06. The Morgan fingerprint density at radius 3 is 2.96 bits per heavy atom. The highest BCUT2D eigenvalue weighted by Gasteiger charge is 2.33. The van der Waals surface area contributed by atoms with Crippen LogP contribution < -0.4 is 0 Å². The van der Waals surface area contributed by atoms with E-state index < -0.39 is 0 Å². The Kier molecular flexibility index (Phi) is 3.70. The van der Waals surface area contributed by atoms with Gasteiger partial charge in [-0.25, -0.2) is 0 Å². The maximum absolute atomic E-state index is 13.1. The van der Waals surface area contributed by atoms with E-state index in [0.29, 0.717) is 37.1 Å². The number of carbonyl (C=O) groups is 1. The van der Waals surface area contributed by atoms with Crippen LogP contribution in [0, 0.1) is 6.92 Å². The van der Waals surface area contributed by atoms with Crippen LogP contribution in [0.15, 0.2) is 41.1 Å². The topological polar surface area (TPSA) is 81.4 Å². The number of carbonyl (C=O) groups excluding carboxylic acids is 1. The zero-order chi connectivity index (χ0) is 16.5. The summed E-state index contributed by atoms with van der Waals surface area (Å²) in [6.07, 6.45) is 3.36. The van der Waals surface area contributed by atoms with Crippen LogP contribution >= 0.6 is 0 Å². The van der Waals surface area contributed by atoms with Gasteiger partial charge in [-0.3, -0.25) is 9.78 Å². The van der Waals surface area contributed by atoms with Gasteiger partial charge >= 0.3 is 0 Å². The predicted octanol–water partition coefficient (Wildman–Crippen LogP) is 2.14. The number of benzene rings is 1. The van der Waals surface area contributed by atoms with Crippen molar-refractivity contribution in [1.82, 2.24) is 20.1 Å². The molecule has 0 saturated carbocycles. The molecule has 1 fully saturated rings. The number of morpholine rings is 1. The number of aromatic nitrogens is 3. The summed E-state index contributed by atoms with van der Waals surface area (Å²) in [6.45, 7) is 3.01. The smallest absolute Gasteiger partial charge is 0.256 e. The summed E-state index contributed by atoms with van der Waals surface area (Å²) in [5.41, 5.74) is 0.566. The largest absolute Gasteiger partial charge is 0.423 e. The van der Waals surface area contributed by atoms with E-state index in [1.807, 2.05) is 24.3 Å². The van der Waals surface area contributed by atoms with Gasteiger partial charge < -0.3 is 14.1 Å². The number of pyridine rings is 1. The second kappa shape index (κ2) is 6.01. The van der Waals surface area contributed by atoms with Gasteiger partial charge in [0.1, 0.15) is 6.04 Å². The lowest BCUT2D eigenvalue weighted by Crippen LogP contribution is -2.43. The number of aryl methyl sites for hydroxylation is 1. The van der Waals surface area contributed by atoms with Crippen molar-refractivity contribution in [3.63, 3.8) is 0 Å². The Morgan fingerprint density at radius 2 is 2.12 bits per heavy atom. The Bertz CT molecular complexity index is 887. The first kappa shape index (κ1) is 14.8. The van der Waals surface area contributed by atoms with Crippen LogP contribution in [0.1, 0.15) is 28.2 Å². The first-order valence-electron chi connectivity index (χ1n) is 7.75. The molecule has 1 saturated heterocycles. The third-order valence-electron chi connectivity index (χ3n) is 4.11. The second-order valence-corrected chi connectivity index (χ2v) is 5.66. The zero-order valence-electron chi connectivity index (χ0n) is 13.2. The molecule has 7 heteroatoms. The third kappa shape index (κ3) is 2.52. The number of ether oxygens (including phenoxy) is 1. The number of fused-ring (bicyclic) bond motifs is 1. The fourth-order valence-corrected chi connectivity index (χ4v) is 2.94. The van der Waals surface area contributed by atoms with Gasteiger partial charge in [-0.05, 0) is 5.39 Å². The first-order chi connectivity index (χ1) is 11.7. The van der Waals surface area contributed by atoms with Crippen LogP contribution in [0.2, 0.25) is 0 Å². The van der Waals surface area contributed by atoms with Crippen molar-refractivity contribution < 1.29 is 13.9 Å². The lowest BCUT2D eigenvalue weighted by Gasteiger charge is -2.33. The minimum absolute atomic E-state index is 0.108. The number of hydrogen-bond acceptors (Lipinski definition) is 6. The summed E-state index contributed by atoms with van der Waals surface area (Å²) in [4.78, 5) is 19.1. The average molecular weight is 324 g/mol. The lowest BCUT2D eigenvalue weighted by atomic mass is 10.1. The summed E-state index contributed by atoms with van der Waals surface area (Å²) in [6, 6.07) is 7.33. The molecule has 1 aromatic carbocycles. The van der Waals surface area contributed by atoms with E-state index in [0.717, 1.165) is 10.8 Å². The predicted molar refractivity (Wildman–Crippen MR) is 85.4 cm³/mol. The maximum atomic E-state index is 13.1. The van der Waals surface area contributed by atoms with Crippen LogP contribution in [0.25, 0.3) is 10.8 Å². The molecule has 122 valence electrons. The second-order valence-electron chi connectivity index (χ2n) is 5.66. The molecule has 0 spiro atoms. The fraction of sp³-hybridized carbons (Fsp3) is 0.294. The molecule has 4 rings (SSSR count). The standard InChI is InChI=1S/C17H16N4O3/c1-11-19-20-16(24-11)15-10-23-7-6-21(15)17(22)14-9-18-8-12-4-2-3-5-13(12)14/h2-5,8-9,15H,6-7,10H2,1H3. The Morgan fingerprint density at radius 1 is 1.25 bits per heavy atom. The molecule has 1 unspecified atom stereocenters.